The van der Waals surface area contributed by atoms with Crippen molar-refractivity contribution in [2.75, 3.05) is 13.1 Å². The van der Waals surface area contributed by atoms with Gasteiger partial charge in [-0.1, -0.05) is 13.3 Å². The van der Waals surface area contributed by atoms with Gasteiger partial charge >= 0.3 is 5.97 Å². The number of carbonyl (C=O) groups is 1. The van der Waals surface area contributed by atoms with Crippen LogP contribution in [0.5, 0.6) is 0 Å². The van der Waals surface area contributed by atoms with Crippen molar-refractivity contribution in [2.24, 2.45) is 5.41 Å². The molecule has 2 N–H and O–H groups in total. The molecule has 0 aromatic heterocycles. The van der Waals surface area contributed by atoms with E-state index >= 15 is 0 Å². The first-order valence-corrected chi connectivity index (χ1v) is 4.65. The highest BCUT2D eigenvalue weighted by atomic mass is 16.4. The maximum Gasteiger partial charge on any atom is 0.310 e. The van der Waals surface area contributed by atoms with Crippen LogP contribution in [0.3, 0.4) is 0 Å². The molecule has 1 rings (SSSR count). The molecule has 0 bridgehead atoms. The van der Waals surface area contributed by atoms with Crippen LogP contribution in [0.15, 0.2) is 0 Å². The average Bonchev–Trinajstić information content (AvgIpc) is 1.94. The second-order valence-corrected chi connectivity index (χ2v) is 3.62. The molecule has 12 heavy (non-hydrogen) atoms. The summed E-state index contributed by atoms with van der Waals surface area (Å²) in [7, 11) is 0. The first kappa shape index (κ1) is 9.52. The van der Waals surface area contributed by atoms with E-state index in [0.29, 0.717) is 6.54 Å². The molecule has 1 aliphatic carbocycles. The summed E-state index contributed by atoms with van der Waals surface area (Å²) >= 11 is 0. The van der Waals surface area contributed by atoms with Gasteiger partial charge in [-0.15, -0.1) is 0 Å². The van der Waals surface area contributed by atoms with Crippen molar-refractivity contribution in [3.05, 3.63) is 0 Å². The lowest BCUT2D eigenvalue weighted by atomic mass is 9.69. The van der Waals surface area contributed by atoms with E-state index in [9.17, 15) is 4.79 Å². The van der Waals surface area contributed by atoms with Crippen LogP contribution in [-0.4, -0.2) is 24.2 Å². The van der Waals surface area contributed by atoms with E-state index in [4.69, 9.17) is 5.11 Å². The van der Waals surface area contributed by atoms with Gasteiger partial charge in [-0.25, -0.2) is 0 Å². The van der Waals surface area contributed by atoms with Gasteiger partial charge < -0.3 is 10.4 Å². The zero-order chi connectivity index (χ0) is 9.03. The molecule has 0 saturated heterocycles. The van der Waals surface area contributed by atoms with Crippen molar-refractivity contribution < 1.29 is 9.90 Å². The molecular formula is C9H17NO2. The summed E-state index contributed by atoms with van der Waals surface area (Å²) in [5.41, 5.74) is -0.421. The minimum Gasteiger partial charge on any atom is -0.481 e. The molecule has 0 heterocycles. The van der Waals surface area contributed by atoms with Crippen molar-refractivity contribution in [1.82, 2.24) is 5.32 Å². The molecule has 3 nitrogen and oxygen atoms in total. The predicted molar refractivity (Wildman–Crippen MR) is 47.1 cm³/mol. The van der Waals surface area contributed by atoms with Crippen molar-refractivity contribution in [3.63, 3.8) is 0 Å². The molecule has 0 aromatic rings. The molecule has 1 aliphatic rings. The average molecular weight is 171 g/mol. The van der Waals surface area contributed by atoms with E-state index in [0.717, 1.165) is 32.2 Å². The number of rotatable bonds is 5. The maximum absolute atomic E-state index is 10.9. The van der Waals surface area contributed by atoms with Gasteiger partial charge in [-0.05, 0) is 25.8 Å². The maximum atomic E-state index is 10.9. The van der Waals surface area contributed by atoms with Crippen molar-refractivity contribution in [1.29, 1.82) is 0 Å². The summed E-state index contributed by atoms with van der Waals surface area (Å²) in [4.78, 5) is 10.9. The Hall–Kier alpha value is -0.570. The Labute approximate surface area is 73.2 Å². The van der Waals surface area contributed by atoms with Crippen molar-refractivity contribution >= 4 is 5.97 Å². The van der Waals surface area contributed by atoms with Crippen LogP contribution in [0.25, 0.3) is 0 Å². The summed E-state index contributed by atoms with van der Waals surface area (Å²) in [5.74, 6) is -0.627. The van der Waals surface area contributed by atoms with Crippen LogP contribution in [0, 0.1) is 5.41 Å². The third-order valence-corrected chi connectivity index (χ3v) is 2.65. The van der Waals surface area contributed by atoms with Crippen LogP contribution in [0.4, 0.5) is 0 Å². The summed E-state index contributed by atoms with van der Waals surface area (Å²) in [5, 5.41) is 12.1. The van der Waals surface area contributed by atoms with Gasteiger partial charge in [0.1, 0.15) is 0 Å². The summed E-state index contributed by atoms with van der Waals surface area (Å²) in [6, 6.07) is 0. The molecular weight excluding hydrogens is 154 g/mol. The summed E-state index contributed by atoms with van der Waals surface area (Å²) < 4.78 is 0. The molecule has 0 aromatic carbocycles. The van der Waals surface area contributed by atoms with Gasteiger partial charge in [0.15, 0.2) is 0 Å². The molecule has 0 spiro atoms. The monoisotopic (exact) mass is 171 g/mol. The van der Waals surface area contributed by atoms with Gasteiger partial charge in [0.05, 0.1) is 5.41 Å². The molecule has 0 unspecified atom stereocenters. The molecule has 70 valence electrons. The normalized spacial score (nSPS) is 20.1. The Balaban J connectivity index is 2.30. The molecule has 0 atom stereocenters. The van der Waals surface area contributed by atoms with Gasteiger partial charge in [-0.2, -0.15) is 0 Å². The number of hydrogen-bond acceptors (Lipinski definition) is 2. The molecule has 1 fully saturated rings. The summed E-state index contributed by atoms with van der Waals surface area (Å²) in [6.45, 7) is 3.66. The van der Waals surface area contributed by atoms with E-state index in [-0.39, 0.29) is 0 Å². The Kier molecular flexibility index (Phi) is 3.09. The number of carboxylic acids is 1. The van der Waals surface area contributed by atoms with Crippen molar-refractivity contribution in [2.45, 2.75) is 32.6 Å². The minimum absolute atomic E-state index is 0.421. The van der Waals surface area contributed by atoms with E-state index in [1.54, 1.807) is 0 Å². The fourth-order valence-corrected chi connectivity index (χ4v) is 1.57. The first-order valence-electron chi connectivity index (χ1n) is 4.65. The SMILES string of the molecule is CCCNCC1(C(=O)O)CCC1. The number of carboxylic acid groups (broad SMARTS) is 1. The Morgan fingerprint density at radius 3 is 2.58 bits per heavy atom. The highest BCUT2D eigenvalue weighted by molar-refractivity contribution is 5.76. The fourth-order valence-electron chi connectivity index (χ4n) is 1.57. The Morgan fingerprint density at radius 1 is 1.58 bits per heavy atom. The number of nitrogens with one attached hydrogen (secondary N) is 1. The zero-order valence-corrected chi connectivity index (χ0v) is 7.60. The lowest BCUT2D eigenvalue weighted by molar-refractivity contribution is -0.154. The topological polar surface area (TPSA) is 49.3 Å². The van der Waals surface area contributed by atoms with Crippen molar-refractivity contribution in [3.8, 4) is 0 Å². The second-order valence-electron chi connectivity index (χ2n) is 3.62. The molecule has 1 saturated carbocycles. The van der Waals surface area contributed by atoms with Gasteiger partial charge in [0.25, 0.3) is 0 Å². The first-order chi connectivity index (χ1) is 5.71. The second kappa shape index (κ2) is 3.90. The third kappa shape index (κ3) is 1.78. The van der Waals surface area contributed by atoms with Crippen LogP contribution in [0.1, 0.15) is 32.6 Å². The van der Waals surface area contributed by atoms with E-state index in [2.05, 4.69) is 12.2 Å². The number of aliphatic carboxylic acids is 1. The standard InChI is InChI=1S/C9H17NO2/c1-2-6-10-7-9(8(11)12)4-3-5-9/h10H,2-7H2,1H3,(H,11,12). The van der Waals surface area contributed by atoms with E-state index in [1.165, 1.54) is 0 Å². The minimum atomic E-state index is -0.627. The lowest BCUT2D eigenvalue weighted by Crippen LogP contribution is -2.46. The van der Waals surface area contributed by atoms with Crippen LogP contribution >= 0.6 is 0 Å². The lowest BCUT2D eigenvalue weighted by Gasteiger charge is -2.37. The van der Waals surface area contributed by atoms with Gasteiger partial charge in [-0.3, -0.25) is 4.79 Å². The van der Waals surface area contributed by atoms with Crippen LogP contribution in [-0.2, 0) is 4.79 Å². The Bertz CT molecular complexity index is 164. The quantitative estimate of drug-likeness (QED) is 0.612. The third-order valence-electron chi connectivity index (χ3n) is 2.65. The molecule has 3 heteroatoms. The zero-order valence-electron chi connectivity index (χ0n) is 7.60. The molecule has 0 amide bonds. The Morgan fingerprint density at radius 2 is 2.25 bits per heavy atom. The molecule has 0 aliphatic heterocycles. The summed E-state index contributed by atoms with van der Waals surface area (Å²) in [6.07, 6.45) is 3.83. The highest BCUT2D eigenvalue weighted by Gasteiger charge is 2.43. The largest absolute Gasteiger partial charge is 0.481 e. The molecule has 0 radical (unpaired) electrons. The predicted octanol–water partition coefficient (Wildman–Crippen LogP) is 1.24. The highest BCUT2D eigenvalue weighted by Crippen LogP contribution is 2.40. The van der Waals surface area contributed by atoms with E-state index < -0.39 is 11.4 Å². The number of hydrogen-bond donors (Lipinski definition) is 2. The van der Waals surface area contributed by atoms with E-state index in [1.807, 2.05) is 0 Å². The van der Waals surface area contributed by atoms with Crippen LogP contribution < -0.4 is 5.32 Å². The smallest absolute Gasteiger partial charge is 0.310 e. The van der Waals surface area contributed by atoms with Gasteiger partial charge in [0.2, 0.25) is 0 Å². The van der Waals surface area contributed by atoms with Crippen LogP contribution in [0.2, 0.25) is 0 Å². The fraction of sp³-hybridized carbons (Fsp3) is 0.889. The van der Waals surface area contributed by atoms with Gasteiger partial charge in [0, 0.05) is 6.54 Å².